The molecule has 114 valence electrons. The lowest BCUT2D eigenvalue weighted by atomic mass is 10.3. The molecule has 22 heavy (non-hydrogen) atoms. The molecular weight excluding hydrogens is 291 g/mol. The largest absolute Gasteiger partial charge is 0.618 e. The van der Waals surface area contributed by atoms with E-state index in [1.165, 1.54) is 43.3 Å². The monoisotopic (exact) mass is 304 g/mol. The van der Waals surface area contributed by atoms with Gasteiger partial charge >= 0.3 is 11.7 Å². The highest BCUT2D eigenvalue weighted by molar-refractivity contribution is 5.96. The minimum Gasteiger partial charge on any atom is -0.618 e. The van der Waals surface area contributed by atoms with E-state index in [4.69, 9.17) is 4.74 Å². The van der Waals surface area contributed by atoms with Crippen LogP contribution in [-0.4, -0.2) is 18.0 Å². The number of hydrogen-bond donors (Lipinski definition) is 1. The van der Waals surface area contributed by atoms with Crippen molar-refractivity contribution in [2.45, 2.75) is 13.0 Å². The first-order chi connectivity index (χ1) is 10.5. The molecule has 0 fully saturated rings. The second-order valence-corrected chi connectivity index (χ2v) is 4.43. The molecule has 0 aliphatic carbocycles. The Kier molecular flexibility index (Phi) is 4.67. The van der Waals surface area contributed by atoms with E-state index in [1.807, 2.05) is 0 Å². The van der Waals surface area contributed by atoms with Gasteiger partial charge in [0.05, 0.1) is 5.69 Å². The first-order valence-corrected chi connectivity index (χ1v) is 6.43. The minimum absolute atomic E-state index is 0.0194. The van der Waals surface area contributed by atoms with Gasteiger partial charge in [-0.2, -0.15) is 4.73 Å². The van der Waals surface area contributed by atoms with E-state index in [0.717, 1.165) is 6.20 Å². The number of anilines is 1. The second-order valence-electron chi connectivity index (χ2n) is 4.43. The highest BCUT2D eigenvalue weighted by Crippen LogP contribution is 2.13. The number of para-hydroxylation sites is 1. The molecule has 0 aliphatic heterocycles. The summed E-state index contributed by atoms with van der Waals surface area (Å²) >= 11 is 0. The molecule has 1 amide bonds. The molecule has 0 spiro atoms. The lowest BCUT2D eigenvalue weighted by Crippen LogP contribution is -2.37. The Morgan fingerprint density at radius 1 is 1.23 bits per heavy atom. The van der Waals surface area contributed by atoms with Crippen molar-refractivity contribution in [2.75, 3.05) is 5.32 Å². The van der Waals surface area contributed by atoms with Crippen molar-refractivity contribution in [3.8, 4) is 0 Å². The fourth-order valence-corrected chi connectivity index (χ4v) is 1.66. The van der Waals surface area contributed by atoms with Crippen LogP contribution in [0.1, 0.15) is 17.4 Å². The Labute approximate surface area is 125 Å². The molecule has 2 aromatic rings. The summed E-state index contributed by atoms with van der Waals surface area (Å²) in [6.45, 7) is 1.33. The highest BCUT2D eigenvalue weighted by atomic mass is 19.1. The van der Waals surface area contributed by atoms with E-state index in [2.05, 4.69) is 5.32 Å². The van der Waals surface area contributed by atoms with E-state index < -0.39 is 23.8 Å². The summed E-state index contributed by atoms with van der Waals surface area (Å²) in [4.78, 5) is 23.7. The van der Waals surface area contributed by atoms with Gasteiger partial charge in [-0.15, -0.1) is 0 Å². The summed E-state index contributed by atoms with van der Waals surface area (Å²) in [5, 5.41) is 13.7. The van der Waals surface area contributed by atoms with Crippen LogP contribution in [0.25, 0.3) is 0 Å². The molecule has 1 N–H and O–H groups in total. The van der Waals surface area contributed by atoms with Gasteiger partial charge < -0.3 is 15.3 Å². The third-order valence-corrected chi connectivity index (χ3v) is 2.82. The molecule has 1 atom stereocenters. The van der Waals surface area contributed by atoms with Gasteiger partial charge in [0.25, 0.3) is 5.91 Å². The third-order valence-electron chi connectivity index (χ3n) is 2.82. The molecule has 0 unspecified atom stereocenters. The Morgan fingerprint density at radius 2 is 1.91 bits per heavy atom. The Morgan fingerprint density at radius 3 is 2.59 bits per heavy atom. The van der Waals surface area contributed by atoms with Gasteiger partial charge in [-0.1, -0.05) is 12.1 Å². The Bertz CT molecular complexity index is 705. The second kappa shape index (κ2) is 6.66. The number of carbonyl (C=O) groups excluding carboxylic acids is 2. The van der Waals surface area contributed by atoms with Gasteiger partial charge in [0.2, 0.25) is 0 Å². The zero-order valence-corrected chi connectivity index (χ0v) is 11.7. The first kappa shape index (κ1) is 15.4. The van der Waals surface area contributed by atoms with Crippen LogP contribution in [0.4, 0.5) is 10.1 Å². The molecule has 1 heterocycles. The third kappa shape index (κ3) is 3.57. The summed E-state index contributed by atoms with van der Waals surface area (Å²) in [5.74, 6) is -2.24. The number of hydrogen-bond acceptors (Lipinski definition) is 4. The van der Waals surface area contributed by atoms with Gasteiger partial charge in [0, 0.05) is 12.1 Å². The fourth-order valence-electron chi connectivity index (χ4n) is 1.66. The highest BCUT2D eigenvalue weighted by Gasteiger charge is 2.24. The SMILES string of the molecule is C[C@H](OC(=O)c1cccc[n+]1[O-])C(=O)Nc1ccccc1F. The quantitative estimate of drug-likeness (QED) is 0.529. The number of carbonyl (C=O) groups is 2. The number of benzene rings is 1. The van der Waals surface area contributed by atoms with Crippen molar-refractivity contribution in [1.29, 1.82) is 0 Å². The maximum Gasteiger partial charge on any atom is 0.405 e. The van der Waals surface area contributed by atoms with Crippen LogP contribution in [0.5, 0.6) is 0 Å². The predicted octanol–water partition coefficient (Wildman–Crippen LogP) is 1.64. The van der Waals surface area contributed by atoms with Crippen molar-refractivity contribution < 1.29 is 23.4 Å². The van der Waals surface area contributed by atoms with Crippen LogP contribution >= 0.6 is 0 Å². The van der Waals surface area contributed by atoms with Gasteiger partial charge in [-0.25, -0.2) is 9.18 Å². The standard InChI is InChI=1S/C15H13FN2O4/c1-10(14(19)17-12-7-3-2-6-11(12)16)22-15(20)13-8-4-5-9-18(13)21/h2-10H,1H3,(H,17,19)/t10-/m0/s1. The Hall–Kier alpha value is -2.96. The number of nitrogens with zero attached hydrogens (tertiary/aromatic N) is 1. The number of halogens is 1. The van der Waals surface area contributed by atoms with E-state index in [0.29, 0.717) is 4.73 Å². The number of nitrogens with one attached hydrogen (secondary N) is 1. The molecule has 1 aromatic carbocycles. The maximum atomic E-state index is 13.4. The average molecular weight is 304 g/mol. The minimum atomic E-state index is -1.19. The first-order valence-electron chi connectivity index (χ1n) is 6.43. The molecule has 6 nitrogen and oxygen atoms in total. The summed E-state index contributed by atoms with van der Waals surface area (Å²) < 4.78 is 18.7. The summed E-state index contributed by atoms with van der Waals surface area (Å²) in [7, 11) is 0. The molecule has 7 heteroatoms. The maximum absolute atomic E-state index is 13.4. The zero-order valence-electron chi connectivity index (χ0n) is 11.7. The van der Waals surface area contributed by atoms with Crippen LogP contribution in [0, 0.1) is 11.0 Å². The topological polar surface area (TPSA) is 82.3 Å². The smallest absolute Gasteiger partial charge is 0.405 e. The summed E-state index contributed by atoms with van der Waals surface area (Å²) in [5.41, 5.74) is -0.262. The normalized spacial score (nSPS) is 11.5. The van der Waals surface area contributed by atoms with Crippen molar-refractivity contribution in [3.05, 3.63) is 65.4 Å². The summed E-state index contributed by atoms with van der Waals surface area (Å²) in [6.07, 6.45) is -0.0481. The molecule has 1 aromatic heterocycles. The molecule has 0 radical (unpaired) electrons. The van der Waals surface area contributed by atoms with Crippen molar-refractivity contribution in [3.63, 3.8) is 0 Å². The number of pyridine rings is 1. The Balaban J connectivity index is 2.01. The lowest BCUT2D eigenvalue weighted by Gasteiger charge is -2.13. The number of ether oxygens (including phenoxy) is 1. The number of aromatic nitrogens is 1. The van der Waals surface area contributed by atoms with Gasteiger partial charge in [-0.3, -0.25) is 4.79 Å². The molecule has 2 rings (SSSR count). The van der Waals surface area contributed by atoms with Gasteiger partial charge in [0.1, 0.15) is 5.82 Å². The summed E-state index contributed by atoms with van der Waals surface area (Å²) in [6, 6.07) is 9.84. The van der Waals surface area contributed by atoms with E-state index in [-0.39, 0.29) is 11.4 Å². The molecule has 0 saturated heterocycles. The van der Waals surface area contributed by atoms with Crippen LogP contribution in [0.15, 0.2) is 48.7 Å². The predicted molar refractivity (Wildman–Crippen MR) is 75.3 cm³/mol. The van der Waals surface area contributed by atoms with Gasteiger partial charge in [-0.05, 0) is 25.1 Å². The van der Waals surface area contributed by atoms with Crippen molar-refractivity contribution >= 4 is 17.6 Å². The van der Waals surface area contributed by atoms with Crippen LogP contribution in [-0.2, 0) is 9.53 Å². The van der Waals surface area contributed by atoms with Crippen LogP contribution < -0.4 is 10.0 Å². The average Bonchev–Trinajstić information content (AvgIpc) is 2.49. The van der Waals surface area contributed by atoms with Crippen molar-refractivity contribution in [2.24, 2.45) is 0 Å². The van der Waals surface area contributed by atoms with E-state index in [9.17, 15) is 19.2 Å². The molecular formula is C15H13FN2O4. The van der Waals surface area contributed by atoms with Gasteiger partial charge in [0.15, 0.2) is 12.3 Å². The number of amides is 1. The zero-order chi connectivity index (χ0) is 16.1. The fraction of sp³-hybridized carbons (Fsp3) is 0.133. The van der Waals surface area contributed by atoms with Crippen LogP contribution in [0.2, 0.25) is 0 Å². The van der Waals surface area contributed by atoms with E-state index in [1.54, 1.807) is 6.07 Å². The molecule has 0 bridgehead atoms. The number of rotatable bonds is 4. The molecule has 0 saturated carbocycles. The lowest BCUT2D eigenvalue weighted by molar-refractivity contribution is -0.608. The molecule has 0 aliphatic rings. The van der Waals surface area contributed by atoms with Crippen molar-refractivity contribution in [1.82, 2.24) is 0 Å². The van der Waals surface area contributed by atoms with E-state index >= 15 is 0 Å². The number of esters is 1. The van der Waals surface area contributed by atoms with Crippen LogP contribution in [0.3, 0.4) is 0 Å².